The molecule has 0 aliphatic heterocycles. The van der Waals surface area contributed by atoms with Gasteiger partial charge in [0.15, 0.2) is 5.76 Å². The van der Waals surface area contributed by atoms with E-state index in [0.29, 0.717) is 24.5 Å². The highest BCUT2D eigenvalue weighted by atomic mass is 16.3. The van der Waals surface area contributed by atoms with Gasteiger partial charge in [0.1, 0.15) is 11.3 Å². The van der Waals surface area contributed by atoms with Crippen LogP contribution in [0.3, 0.4) is 0 Å². The van der Waals surface area contributed by atoms with Gasteiger partial charge in [-0.15, -0.1) is 0 Å². The lowest BCUT2D eigenvalue weighted by Crippen LogP contribution is -2.08. The van der Waals surface area contributed by atoms with Gasteiger partial charge in [0.05, 0.1) is 6.33 Å². The number of rotatable bonds is 4. The monoisotopic (exact) mass is 269 g/mol. The Bertz CT molecular complexity index is 770. The van der Waals surface area contributed by atoms with E-state index in [1.165, 1.54) is 0 Å². The van der Waals surface area contributed by atoms with Crippen molar-refractivity contribution in [1.82, 2.24) is 9.55 Å². The summed E-state index contributed by atoms with van der Waals surface area (Å²) in [5, 5.41) is 0.926. The van der Waals surface area contributed by atoms with E-state index in [0.717, 1.165) is 16.5 Å². The highest BCUT2D eigenvalue weighted by Gasteiger charge is 2.17. The number of aromatic nitrogens is 2. The van der Waals surface area contributed by atoms with Gasteiger partial charge >= 0.3 is 0 Å². The fourth-order valence-corrected chi connectivity index (χ4v) is 2.20. The first kappa shape index (κ1) is 12.6. The molecule has 20 heavy (non-hydrogen) atoms. The van der Waals surface area contributed by atoms with Crippen LogP contribution in [0.15, 0.2) is 41.2 Å². The summed E-state index contributed by atoms with van der Waals surface area (Å²) >= 11 is 0. The smallest absolute Gasteiger partial charge is 0.248 e. The second-order valence-electron chi connectivity index (χ2n) is 4.72. The molecule has 5 nitrogen and oxygen atoms in total. The molecule has 102 valence electrons. The van der Waals surface area contributed by atoms with Crippen LogP contribution in [-0.2, 0) is 6.54 Å². The molecule has 3 rings (SSSR count). The first-order chi connectivity index (χ1) is 9.69. The number of nitrogens with zero attached hydrogens (tertiary/aromatic N) is 2. The molecule has 0 aliphatic rings. The maximum atomic E-state index is 12.3. The van der Waals surface area contributed by atoms with Gasteiger partial charge < -0.3 is 14.7 Å². The number of benzene rings is 1. The van der Waals surface area contributed by atoms with Gasteiger partial charge in [-0.1, -0.05) is 18.2 Å². The normalized spacial score (nSPS) is 11.1. The molecule has 0 amide bonds. The van der Waals surface area contributed by atoms with Crippen LogP contribution in [0.1, 0.15) is 21.8 Å². The van der Waals surface area contributed by atoms with Crippen molar-refractivity contribution in [3.63, 3.8) is 0 Å². The highest BCUT2D eigenvalue weighted by molar-refractivity contribution is 6.07. The first-order valence-electron chi connectivity index (χ1n) is 6.45. The lowest BCUT2D eigenvalue weighted by atomic mass is 10.1. The molecular weight excluding hydrogens is 254 g/mol. The van der Waals surface area contributed by atoms with E-state index < -0.39 is 0 Å². The summed E-state index contributed by atoms with van der Waals surface area (Å²) in [6, 6.07) is 7.58. The molecule has 0 unspecified atom stereocenters. The number of nitrogens with two attached hydrogens (primary N) is 1. The fourth-order valence-electron chi connectivity index (χ4n) is 2.20. The van der Waals surface area contributed by atoms with Crippen molar-refractivity contribution in [3.8, 4) is 0 Å². The number of furan rings is 1. The van der Waals surface area contributed by atoms with Gasteiger partial charge in [-0.25, -0.2) is 4.98 Å². The molecule has 0 spiro atoms. The minimum absolute atomic E-state index is 0.212. The van der Waals surface area contributed by atoms with Crippen LogP contribution in [0, 0.1) is 6.92 Å². The average molecular weight is 269 g/mol. The number of fused-ring (bicyclic) bond motifs is 1. The predicted molar refractivity (Wildman–Crippen MR) is 75.7 cm³/mol. The van der Waals surface area contributed by atoms with Crippen LogP contribution in [0.5, 0.6) is 0 Å². The molecule has 0 radical (unpaired) electrons. The largest absolute Gasteiger partial charge is 0.452 e. The number of carbonyl (C=O) groups excluding carboxylic acids is 1. The summed E-state index contributed by atoms with van der Waals surface area (Å²) in [4.78, 5) is 16.4. The Hall–Kier alpha value is -2.40. The van der Waals surface area contributed by atoms with E-state index in [-0.39, 0.29) is 5.78 Å². The zero-order chi connectivity index (χ0) is 14.1. The third-order valence-corrected chi connectivity index (χ3v) is 3.22. The zero-order valence-corrected chi connectivity index (χ0v) is 11.2. The summed E-state index contributed by atoms with van der Waals surface area (Å²) in [5.74, 6) is 0.101. The van der Waals surface area contributed by atoms with Crippen molar-refractivity contribution in [2.75, 3.05) is 6.54 Å². The summed E-state index contributed by atoms with van der Waals surface area (Å²) < 4.78 is 7.45. The second kappa shape index (κ2) is 4.94. The van der Waals surface area contributed by atoms with Crippen molar-refractivity contribution in [3.05, 3.63) is 53.8 Å². The standard InChI is InChI=1S/C15H15N3O2/c1-10-3-2-4-11-7-13(20-15(10)11)14(19)12-8-18(6-5-16)9-17-12/h2-4,7-9H,5-6,16H2,1H3. The molecule has 0 saturated carbocycles. The molecule has 3 aromatic rings. The summed E-state index contributed by atoms with van der Waals surface area (Å²) in [7, 11) is 0. The van der Waals surface area contributed by atoms with Crippen LogP contribution in [0.25, 0.3) is 11.0 Å². The molecule has 0 bridgehead atoms. The number of hydrogen-bond donors (Lipinski definition) is 1. The Morgan fingerprint density at radius 2 is 2.30 bits per heavy atom. The van der Waals surface area contributed by atoms with Gasteiger partial charge in [-0.05, 0) is 18.6 Å². The van der Waals surface area contributed by atoms with Crippen molar-refractivity contribution in [1.29, 1.82) is 0 Å². The zero-order valence-electron chi connectivity index (χ0n) is 11.2. The summed E-state index contributed by atoms with van der Waals surface area (Å²) in [5.41, 5.74) is 7.60. The third kappa shape index (κ3) is 2.12. The van der Waals surface area contributed by atoms with E-state index in [9.17, 15) is 4.79 Å². The Labute approximate surface area is 116 Å². The lowest BCUT2D eigenvalue weighted by molar-refractivity contribution is 0.101. The van der Waals surface area contributed by atoms with Crippen LogP contribution in [0.2, 0.25) is 0 Å². The van der Waals surface area contributed by atoms with Crippen LogP contribution in [0.4, 0.5) is 0 Å². The molecular formula is C15H15N3O2. The van der Waals surface area contributed by atoms with E-state index in [1.807, 2.05) is 25.1 Å². The number of imidazole rings is 1. The van der Waals surface area contributed by atoms with Gasteiger partial charge in [-0.2, -0.15) is 0 Å². The van der Waals surface area contributed by atoms with Gasteiger partial charge in [-0.3, -0.25) is 4.79 Å². The molecule has 5 heteroatoms. The minimum Gasteiger partial charge on any atom is -0.452 e. The van der Waals surface area contributed by atoms with Gasteiger partial charge in [0, 0.05) is 24.7 Å². The number of para-hydroxylation sites is 1. The Kier molecular flexibility index (Phi) is 3.12. The first-order valence-corrected chi connectivity index (χ1v) is 6.45. The number of hydrogen-bond acceptors (Lipinski definition) is 4. The second-order valence-corrected chi connectivity index (χ2v) is 4.72. The SMILES string of the molecule is Cc1cccc2cc(C(=O)c3cn(CCN)cn3)oc12. The Morgan fingerprint density at radius 1 is 1.45 bits per heavy atom. The van der Waals surface area contributed by atoms with Gasteiger partial charge in [0.2, 0.25) is 5.78 Å². The van der Waals surface area contributed by atoms with Crippen molar-refractivity contribution in [2.24, 2.45) is 5.73 Å². The fraction of sp³-hybridized carbons (Fsp3) is 0.200. The van der Waals surface area contributed by atoms with Crippen LogP contribution >= 0.6 is 0 Å². The minimum atomic E-state index is -0.212. The van der Waals surface area contributed by atoms with Crippen molar-refractivity contribution >= 4 is 16.8 Å². The topological polar surface area (TPSA) is 74.0 Å². The summed E-state index contributed by atoms with van der Waals surface area (Å²) in [6.07, 6.45) is 3.29. The van der Waals surface area contributed by atoms with Crippen molar-refractivity contribution < 1.29 is 9.21 Å². The summed E-state index contributed by atoms with van der Waals surface area (Å²) in [6.45, 7) is 3.10. The average Bonchev–Trinajstić information content (AvgIpc) is 3.05. The predicted octanol–water partition coefficient (Wildman–Crippen LogP) is 2.13. The molecule has 0 saturated heterocycles. The molecule has 1 aromatic carbocycles. The van der Waals surface area contributed by atoms with E-state index in [1.54, 1.807) is 23.2 Å². The molecule has 2 heterocycles. The van der Waals surface area contributed by atoms with Gasteiger partial charge in [0.25, 0.3) is 0 Å². The molecule has 0 atom stereocenters. The lowest BCUT2D eigenvalue weighted by Gasteiger charge is -1.95. The molecule has 0 aliphatic carbocycles. The highest BCUT2D eigenvalue weighted by Crippen LogP contribution is 2.23. The molecule has 2 N–H and O–H groups in total. The third-order valence-electron chi connectivity index (χ3n) is 3.22. The molecule has 0 fully saturated rings. The maximum Gasteiger partial charge on any atom is 0.248 e. The van der Waals surface area contributed by atoms with Crippen LogP contribution < -0.4 is 5.73 Å². The van der Waals surface area contributed by atoms with Crippen molar-refractivity contribution in [2.45, 2.75) is 13.5 Å². The molecule has 2 aromatic heterocycles. The number of aryl methyl sites for hydroxylation is 1. The number of carbonyl (C=O) groups is 1. The van der Waals surface area contributed by atoms with E-state index in [4.69, 9.17) is 10.2 Å². The van der Waals surface area contributed by atoms with E-state index in [2.05, 4.69) is 4.98 Å². The Morgan fingerprint density at radius 3 is 3.05 bits per heavy atom. The quantitative estimate of drug-likeness (QED) is 0.736. The number of ketones is 1. The maximum absolute atomic E-state index is 12.3. The Balaban J connectivity index is 1.97. The van der Waals surface area contributed by atoms with E-state index >= 15 is 0 Å². The van der Waals surface area contributed by atoms with Crippen LogP contribution in [-0.4, -0.2) is 21.9 Å².